The third-order valence-electron chi connectivity index (χ3n) is 4.16. The highest BCUT2D eigenvalue weighted by Crippen LogP contribution is 2.38. The molecule has 0 saturated heterocycles. The molecule has 22 heavy (non-hydrogen) atoms. The van der Waals surface area contributed by atoms with Crippen LogP contribution in [0.15, 0.2) is 53.2 Å². The summed E-state index contributed by atoms with van der Waals surface area (Å²) in [6, 6.07) is 9.97. The molecular formula is C18H18FNO2. The fraction of sp³-hybridized carbons (Fsp3) is 0.278. The number of benzene rings is 1. The summed E-state index contributed by atoms with van der Waals surface area (Å²) in [6.45, 7) is 0. The van der Waals surface area contributed by atoms with Gasteiger partial charge < -0.3 is 9.73 Å². The van der Waals surface area contributed by atoms with Gasteiger partial charge >= 0.3 is 0 Å². The first-order valence-electron chi connectivity index (χ1n) is 7.48. The minimum atomic E-state index is -0.391. The first-order valence-corrected chi connectivity index (χ1v) is 7.48. The lowest BCUT2D eigenvalue weighted by Gasteiger charge is -2.30. The Hall–Kier alpha value is -2.36. The summed E-state index contributed by atoms with van der Waals surface area (Å²) in [5.74, 6) is 0.209. The Bertz CT molecular complexity index is 653. The second-order valence-corrected chi connectivity index (χ2v) is 5.63. The first-order chi connectivity index (χ1) is 10.7. The molecule has 114 valence electrons. The normalized spacial score (nSPS) is 17.0. The van der Waals surface area contributed by atoms with E-state index in [0.29, 0.717) is 5.76 Å². The third kappa shape index (κ3) is 3.11. The van der Waals surface area contributed by atoms with Crippen LogP contribution in [0.2, 0.25) is 0 Å². The van der Waals surface area contributed by atoms with E-state index in [1.807, 2.05) is 0 Å². The van der Waals surface area contributed by atoms with Crippen LogP contribution in [0.5, 0.6) is 0 Å². The molecule has 1 aromatic carbocycles. The Morgan fingerprint density at radius 3 is 2.55 bits per heavy atom. The number of halogens is 1. The topological polar surface area (TPSA) is 42.2 Å². The van der Waals surface area contributed by atoms with E-state index >= 15 is 0 Å². The molecule has 4 heteroatoms. The zero-order valence-corrected chi connectivity index (χ0v) is 12.2. The summed E-state index contributed by atoms with van der Waals surface area (Å²) in [6.07, 6.45) is 8.54. The van der Waals surface area contributed by atoms with Gasteiger partial charge in [0.05, 0.1) is 11.8 Å². The van der Waals surface area contributed by atoms with Gasteiger partial charge in [-0.15, -0.1) is 0 Å². The van der Waals surface area contributed by atoms with Crippen LogP contribution in [0.3, 0.4) is 0 Å². The summed E-state index contributed by atoms with van der Waals surface area (Å²) < 4.78 is 18.3. The number of hydrogen-bond donors (Lipinski definition) is 1. The van der Waals surface area contributed by atoms with Gasteiger partial charge in [-0.05, 0) is 48.7 Å². The lowest BCUT2D eigenvalue weighted by Crippen LogP contribution is -2.43. The Morgan fingerprint density at radius 1 is 1.18 bits per heavy atom. The van der Waals surface area contributed by atoms with Gasteiger partial charge in [-0.25, -0.2) is 4.39 Å². The fourth-order valence-electron chi connectivity index (χ4n) is 3.05. The van der Waals surface area contributed by atoms with E-state index in [4.69, 9.17) is 4.42 Å². The van der Waals surface area contributed by atoms with Crippen LogP contribution in [0.1, 0.15) is 37.0 Å². The molecule has 2 aromatic rings. The standard InChI is InChI=1S/C18H18FNO2/c19-15-7-5-14(6-8-15)18(11-1-2-12-18)20-17(21)10-9-16-4-3-13-22-16/h3-10,13H,1-2,11-12H2,(H,20,21). The zero-order valence-electron chi connectivity index (χ0n) is 12.2. The second-order valence-electron chi connectivity index (χ2n) is 5.63. The van der Waals surface area contributed by atoms with E-state index in [9.17, 15) is 9.18 Å². The van der Waals surface area contributed by atoms with Crippen molar-refractivity contribution in [2.75, 3.05) is 0 Å². The summed E-state index contributed by atoms with van der Waals surface area (Å²) in [5.41, 5.74) is 0.573. The third-order valence-corrected chi connectivity index (χ3v) is 4.16. The van der Waals surface area contributed by atoms with Crippen molar-refractivity contribution in [3.63, 3.8) is 0 Å². The Kier molecular flexibility index (Phi) is 4.09. The Morgan fingerprint density at radius 2 is 1.91 bits per heavy atom. The predicted molar refractivity (Wildman–Crippen MR) is 82.4 cm³/mol. The van der Waals surface area contributed by atoms with Crippen molar-refractivity contribution < 1.29 is 13.6 Å². The predicted octanol–water partition coefficient (Wildman–Crippen LogP) is 4.02. The molecule has 0 spiro atoms. The molecule has 1 amide bonds. The number of nitrogens with one attached hydrogen (secondary N) is 1. The van der Waals surface area contributed by atoms with Gasteiger partial charge in [0.1, 0.15) is 11.6 Å². The second kappa shape index (κ2) is 6.18. The van der Waals surface area contributed by atoms with E-state index in [-0.39, 0.29) is 11.7 Å². The van der Waals surface area contributed by atoms with E-state index in [0.717, 1.165) is 31.2 Å². The van der Waals surface area contributed by atoms with Gasteiger partial charge in [0.2, 0.25) is 5.91 Å². The van der Waals surface area contributed by atoms with Crippen molar-refractivity contribution in [1.82, 2.24) is 5.32 Å². The molecular weight excluding hydrogens is 281 g/mol. The molecule has 0 radical (unpaired) electrons. The van der Waals surface area contributed by atoms with Crippen molar-refractivity contribution in [2.24, 2.45) is 0 Å². The molecule has 0 atom stereocenters. The van der Waals surface area contributed by atoms with Gasteiger partial charge in [0.25, 0.3) is 0 Å². The summed E-state index contributed by atoms with van der Waals surface area (Å²) >= 11 is 0. The molecule has 0 unspecified atom stereocenters. The molecule has 1 aliphatic rings. The smallest absolute Gasteiger partial charge is 0.244 e. The highest BCUT2D eigenvalue weighted by molar-refractivity contribution is 5.92. The highest BCUT2D eigenvalue weighted by Gasteiger charge is 2.36. The van der Waals surface area contributed by atoms with Gasteiger partial charge in [-0.1, -0.05) is 25.0 Å². The van der Waals surface area contributed by atoms with E-state index in [1.165, 1.54) is 18.2 Å². The maximum Gasteiger partial charge on any atom is 0.244 e. The summed E-state index contributed by atoms with van der Waals surface area (Å²) in [7, 11) is 0. The molecule has 3 nitrogen and oxygen atoms in total. The highest BCUT2D eigenvalue weighted by atomic mass is 19.1. The molecule has 3 rings (SSSR count). The van der Waals surface area contributed by atoms with Crippen molar-refractivity contribution >= 4 is 12.0 Å². The minimum absolute atomic E-state index is 0.164. The first kappa shape index (κ1) is 14.6. The molecule has 1 N–H and O–H groups in total. The monoisotopic (exact) mass is 299 g/mol. The van der Waals surface area contributed by atoms with Crippen LogP contribution in [0.25, 0.3) is 6.08 Å². The molecule has 0 bridgehead atoms. The Labute approximate surface area is 128 Å². The molecule has 1 fully saturated rings. The lowest BCUT2D eigenvalue weighted by molar-refractivity contribution is -0.118. The van der Waals surface area contributed by atoms with Crippen LogP contribution in [0.4, 0.5) is 4.39 Å². The van der Waals surface area contributed by atoms with Crippen LogP contribution in [-0.2, 0) is 10.3 Å². The van der Waals surface area contributed by atoms with Crippen molar-refractivity contribution in [1.29, 1.82) is 0 Å². The quantitative estimate of drug-likeness (QED) is 0.866. The average molecular weight is 299 g/mol. The summed E-state index contributed by atoms with van der Waals surface area (Å²) in [4.78, 5) is 12.2. The molecule has 1 heterocycles. The number of carbonyl (C=O) groups is 1. The average Bonchev–Trinajstić information content (AvgIpc) is 3.18. The van der Waals surface area contributed by atoms with Crippen LogP contribution in [-0.4, -0.2) is 5.91 Å². The SMILES string of the molecule is O=C(C=Cc1ccco1)NC1(c2ccc(F)cc2)CCCC1. The zero-order chi connectivity index (χ0) is 15.4. The molecule has 0 aliphatic heterocycles. The maximum absolute atomic E-state index is 13.1. The molecule has 1 aliphatic carbocycles. The van der Waals surface area contributed by atoms with Gasteiger partial charge in [-0.2, -0.15) is 0 Å². The van der Waals surface area contributed by atoms with Gasteiger partial charge in [0.15, 0.2) is 0 Å². The van der Waals surface area contributed by atoms with Crippen molar-refractivity contribution in [2.45, 2.75) is 31.2 Å². The fourth-order valence-corrected chi connectivity index (χ4v) is 3.05. The van der Waals surface area contributed by atoms with E-state index < -0.39 is 5.54 Å². The minimum Gasteiger partial charge on any atom is -0.465 e. The maximum atomic E-state index is 13.1. The Balaban J connectivity index is 1.76. The summed E-state index contributed by atoms with van der Waals surface area (Å²) in [5, 5.41) is 3.10. The van der Waals surface area contributed by atoms with Crippen molar-refractivity contribution in [3.8, 4) is 0 Å². The largest absolute Gasteiger partial charge is 0.465 e. The number of amides is 1. The lowest BCUT2D eigenvalue weighted by atomic mass is 9.88. The van der Waals surface area contributed by atoms with E-state index in [1.54, 1.807) is 36.6 Å². The van der Waals surface area contributed by atoms with Crippen LogP contribution < -0.4 is 5.32 Å². The molecule has 1 saturated carbocycles. The number of rotatable bonds is 4. The van der Waals surface area contributed by atoms with Crippen LogP contribution in [0, 0.1) is 5.82 Å². The number of hydrogen-bond acceptors (Lipinski definition) is 2. The number of carbonyl (C=O) groups excluding carboxylic acids is 1. The van der Waals surface area contributed by atoms with Crippen LogP contribution >= 0.6 is 0 Å². The van der Waals surface area contributed by atoms with Crippen molar-refractivity contribution in [3.05, 3.63) is 65.9 Å². The molecule has 1 aromatic heterocycles. The number of furan rings is 1. The van der Waals surface area contributed by atoms with Gasteiger partial charge in [-0.3, -0.25) is 4.79 Å². The van der Waals surface area contributed by atoms with Gasteiger partial charge in [0, 0.05) is 6.08 Å². The van der Waals surface area contributed by atoms with E-state index in [2.05, 4.69) is 5.32 Å².